The summed E-state index contributed by atoms with van der Waals surface area (Å²) in [6, 6.07) is 8.99. The van der Waals surface area contributed by atoms with Crippen LogP contribution >= 0.6 is 0 Å². The van der Waals surface area contributed by atoms with E-state index in [1.54, 1.807) is 26.5 Å². The van der Waals surface area contributed by atoms with Gasteiger partial charge in [-0.1, -0.05) is 11.2 Å². The van der Waals surface area contributed by atoms with Crippen LogP contribution in [0.15, 0.2) is 46.0 Å². The van der Waals surface area contributed by atoms with Gasteiger partial charge in [0.05, 0.1) is 26.1 Å². The number of rotatable bonds is 10. The minimum Gasteiger partial charge on any atom is -1.00 e. The van der Waals surface area contributed by atoms with Gasteiger partial charge in [0.25, 0.3) is 5.91 Å². The molecule has 1 heterocycles. The molecule has 0 aliphatic carbocycles. The summed E-state index contributed by atoms with van der Waals surface area (Å²) in [5.74, 6) is 1.70. The fourth-order valence-electron chi connectivity index (χ4n) is 3.71. The van der Waals surface area contributed by atoms with Crippen molar-refractivity contribution in [3.63, 3.8) is 0 Å². The number of amides is 1. The molecule has 1 unspecified atom stereocenters. The Morgan fingerprint density at radius 3 is 2.53 bits per heavy atom. The number of aromatic nitrogens is 1. The summed E-state index contributed by atoms with van der Waals surface area (Å²) in [7, 11) is 3.19. The lowest BCUT2D eigenvalue weighted by atomic mass is 9.98. The number of hydrogen-bond donors (Lipinski definition) is 4. The van der Waals surface area contributed by atoms with Gasteiger partial charge in [0.2, 0.25) is 0 Å². The van der Waals surface area contributed by atoms with Crippen molar-refractivity contribution < 1.29 is 36.9 Å². The van der Waals surface area contributed by atoms with E-state index < -0.39 is 6.04 Å². The molecule has 36 heavy (non-hydrogen) atoms. The fraction of sp³-hybridized carbons (Fsp3) is 0.320. The number of hydrogen-bond acceptors (Lipinski definition) is 6. The molecule has 1 aromatic heterocycles. The van der Waals surface area contributed by atoms with Crippen molar-refractivity contribution in [2.45, 2.75) is 32.7 Å². The molecule has 0 spiro atoms. The number of ether oxygens (including phenoxy) is 2. The smallest absolute Gasteiger partial charge is 0.282 e. The van der Waals surface area contributed by atoms with Crippen LogP contribution in [0.25, 0.3) is 22.5 Å². The van der Waals surface area contributed by atoms with Gasteiger partial charge in [-0.05, 0) is 61.2 Å². The van der Waals surface area contributed by atoms with Gasteiger partial charge >= 0.3 is 0 Å². The molecule has 11 heteroatoms. The van der Waals surface area contributed by atoms with Crippen LogP contribution in [0, 0.1) is 13.8 Å². The number of anilines is 1. The van der Waals surface area contributed by atoms with Gasteiger partial charge in [0.15, 0.2) is 17.8 Å². The van der Waals surface area contributed by atoms with E-state index in [0.717, 1.165) is 33.6 Å². The quantitative estimate of drug-likeness (QED) is 0.156. The van der Waals surface area contributed by atoms with E-state index >= 15 is 0 Å². The molecule has 0 saturated carbocycles. The summed E-state index contributed by atoms with van der Waals surface area (Å²) in [6.07, 6.45) is 2.83. The summed E-state index contributed by atoms with van der Waals surface area (Å²) >= 11 is 0. The molecule has 0 radical (unpaired) electrons. The van der Waals surface area contributed by atoms with Crippen molar-refractivity contribution in [2.75, 3.05) is 26.1 Å². The number of nitrogens with zero attached hydrogens (tertiary/aromatic N) is 2. The van der Waals surface area contributed by atoms with E-state index in [-0.39, 0.29) is 24.3 Å². The molecule has 0 aliphatic rings. The Hall–Kier alpha value is -3.76. The predicted molar refractivity (Wildman–Crippen MR) is 135 cm³/mol. The third-order valence-corrected chi connectivity index (χ3v) is 5.82. The van der Waals surface area contributed by atoms with E-state index in [9.17, 15) is 4.79 Å². The maximum Gasteiger partial charge on any atom is 0.282 e. The van der Waals surface area contributed by atoms with Crippen LogP contribution < -0.4 is 44.4 Å². The molecule has 0 saturated heterocycles. The Bertz CT molecular complexity index is 1220. The molecule has 0 fully saturated rings. The van der Waals surface area contributed by atoms with Crippen molar-refractivity contribution in [3.05, 3.63) is 47.7 Å². The SMILES string of the molecule is COc1ccc(-c2cnoc2-c2cc(C)c(C)c(OC)c2)cc1NC(=O)C([NH3+])CCCN=C(N)N.[Cl-]. The number of quaternary nitrogens is 1. The van der Waals surface area contributed by atoms with Crippen molar-refractivity contribution >= 4 is 17.6 Å². The second-order valence-electron chi connectivity index (χ2n) is 8.24. The lowest BCUT2D eigenvalue weighted by Crippen LogP contribution is -3.00. The highest BCUT2D eigenvalue weighted by atomic mass is 35.5. The van der Waals surface area contributed by atoms with Gasteiger partial charge in [0, 0.05) is 24.1 Å². The molecule has 2 aromatic carbocycles. The van der Waals surface area contributed by atoms with Crippen LogP contribution in [0.5, 0.6) is 11.5 Å². The zero-order chi connectivity index (χ0) is 25.5. The third-order valence-electron chi connectivity index (χ3n) is 5.82. The molecule has 0 bridgehead atoms. The largest absolute Gasteiger partial charge is 1.00 e. The minimum absolute atomic E-state index is 0. The molecule has 194 valence electrons. The normalized spacial score (nSPS) is 11.2. The van der Waals surface area contributed by atoms with Crippen LogP contribution in [0.3, 0.4) is 0 Å². The summed E-state index contributed by atoms with van der Waals surface area (Å²) in [5.41, 5.74) is 19.7. The van der Waals surface area contributed by atoms with Crippen molar-refractivity contribution in [3.8, 4) is 33.9 Å². The van der Waals surface area contributed by atoms with Gasteiger partial charge in [-0.25, -0.2) is 0 Å². The highest BCUT2D eigenvalue weighted by Gasteiger charge is 2.21. The Morgan fingerprint density at radius 2 is 1.86 bits per heavy atom. The van der Waals surface area contributed by atoms with E-state index in [4.69, 9.17) is 25.5 Å². The van der Waals surface area contributed by atoms with Gasteiger partial charge < -0.3 is 48.9 Å². The van der Waals surface area contributed by atoms with E-state index in [1.807, 2.05) is 38.1 Å². The fourth-order valence-corrected chi connectivity index (χ4v) is 3.71. The Labute approximate surface area is 216 Å². The number of nitrogens with two attached hydrogens (primary N) is 2. The number of halogens is 1. The molecule has 1 atom stereocenters. The van der Waals surface area contributed by atoms with Gasteiger partial charge in [0.1, 0.15) is 11.5 Å². The van der Waals surface area contributed by atoms with Gasteiger partial charge in [-0.3, -0.25) is 9.79 Å². The second kappa shape index (κ2) is 12.8. The number of carbonyl (C=O) groups is 1. The monoisotopic (exact) mass is 516 g/mol. The molecule has 3 aromatic rings. The molecule has 0 aliphatic heterocycles. The summed E-state index contributed by atoms with van der Waals surface area (Å²) in [4.78, 5) is 16.7. The number of guanidine groups is 1. The van der Waals surface area contributed by atoms with Gasteiger partial charge in [-0.2, -0.15) is 0 Å². The van der Waals surface area contributed by atoms with Crippen LogP contribution in [0.2, 0.25) is 0 Å². The predicted octanol–water partition coefficient (Wildman–Crippen LogP) is -0.751. The van der Waals surface area contributed by atoms with Crippen molar-refractivity contribution in [1.82, 2.24) is 5.16 Å². The van der Waals surface area contributed by atoms with Crippen LogP contribution in [-0.4, -0.2) is 43.8 Å². The van der Waals surface area contributed by atoms with Crippen LogP contribution in [0.1, 0.15) is 24.0 Å². The minimum atomic E-state index is -0.480. The number of methoxy groups -OCH3 is 2. The maximum atomic E-state index is 12.8. The maximum absolute atomic E-state index is 12.8. The summed E-state index contributed by atoms with van der Waals surface area (Å²) < 4.78 is 16.6. The highest BCUT2D eigenvalue weighted by molar-refractivity contribution is 5.96. The molecule has 8 N–H and O–H groups in total. The number of aryl methyl sites for hydroxylation is 1. The lowest BCUT2D eigenvalue weighted by Gasteiger charge is -2.14. The second-order valence-corrected chi connectivity index (χ2v) is 8.24. The number of benzene rings is 2. The van der Waals surface area contributed by atoms with E-state index in [1.165, 1.54) is 0 Å². The lowest BCUT2D eigenvalue weighted by molar-refractivity contribution is -0.403. The number of aliphatic imine (C=N–C) groups is 1. The molecule has 3 rings (SSSR count). The van der Waals surface area contributed by atoms with Crippen molar-refractivity contribution in [1.29, 1.82) is 0 Å². The molecule has 1 amide bonds. The number of nitrogens with one attached hydrogen (secondary N) is 1. The van der Waals surface area contributed by atoms with Crippen molar-refractivity contribution in [2.24, 2.45) is 16.5 Å². The first-order valence-electron chi connectivity index (χ1n) is 11.2. The average molecular weight is 517 g/mol. The van der Waals surface area contributed by atoms with E-state index in [2.05, 4.69) is 21.2 Å². The first kappa shape index (κ1) is 28.5. The van der Waals surface area contributed by atoms with Gasteiger partial charge in [-0.15, -0.1) is 0 Å². The standard InChI is InChI=1S/C25H32N6O4.ClH/c1-14-10-17(12-22(34-4)15(14)2)23-18(13-30-35-23)16-7-8-21(33-3)20(11-16)31-24(32)19(26)6-5-9-29-25(27)28;/h7-8,10-13,19H,5-6,9,26H2,1-4H3,(H,31,32)(H4,27,28,29);1H. The Balaban J connectivity index is 0.00000456. The zero-order valence-electron chi connectivity index (χ0n) is 20.9. The molecule has 10 nitrogen and oxygen atoms in total. The summed E-state index contributed by atoms with van der Waals surface area (Å²) in [6.45, 7) is 4.47. The van der Waals surface area contributed by atoms with Crippen LogP contribution in [-0.2, 0) is 4.79 Å². The average Bonchev–Trinajstić information content (AvgIpc) is 3.33. The zero-order valence-corrected chi connectivity index (χ0v) is 21.7. The van der Waals surface area contributed by atoms with E-state index in [0.29, 0.717) is 36.6 Å². The Kier molecular flexibility index (Phi) is 10.1. The first-order chi connectivity index (χ1) is 16.7. The topological polar surface area (TPSA) is 166 Å². The molecular formula is C25H33ClN6O4. The third kappa shape index (κ3) is 6.67. The molecular weight excluding hydrogens is 484 g/mol. The first-order valence-corrected chi connectivity index (χ1v) is 11.2. The highest BCUT2D eigenvalue weighted by Crippen LogP contribution is 2.38. The summed E-state index contributed by atoms with van der Waals surface area (Å²) in [5, 5.41) is 6.95. The number of carbonyl (C=O) groups excluding carboxylic acids is 1. The Morgan fingerprint density at radius 1 is 1.14 bits per heavy atom. The van der Waals surface area contributed by atoms with Crippen LogP contribution in [0.4, 0.5) is 5.69 Å².